The largest absolute Gasteiger partial charge is 4.00 e. The first-order valence-electron chi connectivity index (χ1n) is 9.68. The van der Waals surface area contributed by atoms with Crippen molar-refractivity contribution in [2.75, 3.05) is 0 Å². The van der Waals surface area contributed by atoms with Crippen molar-refractivity contribution < 1.29 is 42.0 Å². The number of rotatable bonds is 16. The summed E-state index contributed by atoms with van der Waals surface area (Å²) < 4.78 is 0. The molecule has 25 heavy (non-hydrogen) atoms. The van der Waals surface area contributed by atoms with Gasteiger partial charge in [0.2, 0.25) is 0 Å². The van der Waals surface area contributed by atoms with E-state index in [2.05, 4.69) is 6.92 Å². The van der Waals surface area contributed by atoms with Crippen LogP contribution in [-0.4, -0.2) is 13.3 Å². The van der Waals surface area contributed by atoms with Crippen molar-refractivity contribution in [3.8, 4) is 0 Å². The molecule has 0 heterocycles. The molecule has 0 bridgehead atoms. The SMILES string of the molecule is CCCCCCCCCCCCCCCCCC(=O)[O-].[Cu+4].[O-]B([O-])[O-]. The molecular weight excluding hydrogens is 371 g/mol. The molecule has 0 aromatic rings. The third-order valence-corrected chi connectivity index (χ3v) is 3.98. The Kier molecular flexibility index (Phi) is 31.1. The molecule has 0 aliphatic carbocycles. The Balaban J connectivity index is -0.000000867. The molecule has 0 fully saturated rings. The van der Waals surface area contributed by atoms with E-state index in [0.29, 0.717) is 0 Å². The number of carbonyl (C=O) groups is 1. The summed E-state index contributed by atoms with van der Waals surface area (Å²) in [7, 11) is -2.92. The molecule has 0 rings (SSSR count). The van der Waals surface area contributed by atoms with Crippen LogP contribution in [0.4, 0.5) is 0 Å². The Morgan fingerprint density at radius 1 is 0.640 bits per heavy atom. The van der Waals surface area contributed by atoms with Gasteiger partial charge in [0.05, 0.1) is 0 Å². The Labute approximate surface area is 165 Å². The number of unbranched alkanes of at least 4 members (excludes halogenated alkanes) is 14. The number of carboxylic acids is 1. The van der Waals surface area contributed by atoms with Gasteiger partial charge in [-0.25, -0.2) is 0 Å². The minimum atomic E-state index is -2.92. The normalized spacial score (nSPS) is 9.76. The summed E-state index contributed by atoms with van der Waals surface area (Å²) in [5.41, 5.74) is 0. The van der Waals surface area contributed by atoms with Crippen LogP contribution in [0.5, 0.6) is 0 Å². The van der Waals surface area contributed by atoms with Crippen LogP contribution in [0.2, 0.25) is 0 Å². The fourth-order valence-electron chi connectivity index (χ4n) is 2.64. The van der Waals surface area contributed by atoms with Gasteiger partial charge in [-0.2, -0.15) is 0 Å². The van der Waals surface area contributed by atoms with Crippen LogP contribution >= 0.6 is 0 Å². The molecule has 0 amide bonds. The Morgan fingerprint density at radius 2 is 0.880 bits per heavy atom. The third-order valence-electron chi connectivity index (χ3n) is 3.98. The molecular formula is C18H35BCuO5. The minimum Gasteiger partial charge on any atom is -0.907 e. The first-order chi connectivity index (χ1) is 11.5. The summed E-state index contributed by atoms with van der Waals surface area (Å²) in [6, 6.07) is 0. The predicted octanol–water partition coefficient (Wildman–Crippen LogP) is 1.05. The summed E-state index contributed by atoms with van der Waals surface area (Å²) in [6.07, 6.45) is 19.9. The Bertz CT molecular complexity index is 253. The molecule has 0 aliphatic heterocycles. The van der Waals surface area contributed by atoms with Gasteiger partial charge in [0.15, 0.2) is 0 Å². The van der Waals surface area contributed by atoms with Crippen LogP contribution in [0, 0.1) is 0 Å². The molecule has 0 N–H and O–H groups in total. The van der Waals surface area contributed by atoms with Crippen LogP contribution in [0.25, 0.3) is 0 Å². The van der Waals surface area contributed by atoms with Gasteiger partial charge in [-0.05, 0) is 12.8 Å². The van der Waals surface area contributed by atoms with Crippen molar-refractivity contribution in [2.24, 2.45) is 0 Å². The van der Waals surface area contributed by atoms with Crippen LogP contribution in [-0.2, 0) is 21.9 Å². The van der Waals surface area contributed by atoms with E-state index in [-0.39, 0.29) is 23.5 Å². The van der Waals surface area contributed by atoms with Crippen molar-refractivity contribution in [1.29, 1.82) is 0 Å². The zero-order valence-electron chi connectivity index (χ0n) is 15.7. The van der Waals surface area contributed by atoms with Gasteiger partial charge >= 0.3 is 17.1 Å². The molecule has 5 nitrogen and oxygen atoms in total. The fourth-order valence-corrected chi connectivity index (χ4v) is 2.64. The van der Waals surface area contributed by atoms with Gasteiger partial charge in [0.1, 0.15) is 0 Å². The average Bonchev–Trinajstić information content (AvgIpc) is 2.50. The molecule has 0 saturated heterocycles. The maximum absolute atomic E-state index is 10.2. The second kappa shape index (κ2) is 26.2. The van der Waals surface area contributed by atoms with Crippen molar-refractivity contribution >= 4 is 13.3 Å². The molecule has 0 aromatic carbocycles. The number of hydrogen-bond acceptors (Lipinski definition) is 5. The van der Waals surface area contributed by atoms with E-state index < -0.39 is 13.3 Å². The van der Waals surface area contributed by atoms with E-state index in [1.807, 2.05) is 0 Å². The molecule has 0 unspecified atom stereocenters. The van der Waals surface area contributed by atoms with Crippen molar-refractivity contribution in [2.45, 2.75) is 110 Å². The van der Waals surface area contributed by atoms with Crippen molar-refractivity contribution in [3.05, 3.63) is 0 Å². The summed E-state index contributed by atoms with van der Waals surface area (Å²) in [5.74, 6) is -0.903. The number of carboxylic acid groups (broad SMARTS) is 1. The third kappa shape index (κ3) is 40.2. The van der Waals surface area contributed by atoms with Crippen LogP contribution < -0.4 is 20.2 Å². The summed E-state index contributed by atoms with van der Waals surface area (Å²) >= 11 is 0. The van der Waals surface area contributed by atoms with Gasteiger partial charge in [-0.15, -0.1) is 0 Å². The Hall–Kier alpha value is -0.0656. The summed E-state index contributed by atoms with van der Waals surface area (Å²) in [4.78, 5) is 10.2. The summed E-state index contributed by atoms with van der Waals surface area (Å²) in [6.45, 7) is 2.27. The minimum absolute atomic E-state index is 0. The van der Waals surface area contributed by atoms with Crippen LogP contribution in [0.15, 0.2) is 0 Å². The van der Waals surface area contributed by atoms with Crippen molar-refractivity contribution in [3.63, 3.8) is 0 Å². The standard InChI is InChI=1S/C18H36O2.BO3.Cu/c1-2-3-4-5-6-7-8-9-10-11-12-13-14-15-16-17-18(19)20;2-1(3)4;/h2-17H2,1H3,(H,19,20);;/q;-3;+4/p-1. The first kappa shape index (κ1) is 29.7. The van der Waals surface area contributed by atoms with Gasteiger partial charge in [-0.1, -0.05) is 96.8 Å². The van der Waals surface area contributed by atoms with Gasteiger partial charge in [0.25, 0.3) is 0 Å². The first-order valence-corrected chi connectivity index (χ1v) is 9.68. The molecule has 151 valence electrons. The topological polar surface area (TPSA) is 109 Å². The second-order valence-corrected chi connectivity index (χ2v) is 6.36. The number of aliphatic carboxylic acids is 1. The van der Waals surface area contributed by atoms with Gasteiger partial charge < -0.3 is 25.0 Å². The fraction of sp³-hybridized carbons (Fsp3) is 0.944. The van der Waals surface area contributed by atoms with E-state index in [0.717, 1.165) is 12.8 Å². The molecule has 0 atom stereocenters. The van der Waals surface area contributed by atoms with E-state index in [4.69, 9.17) is 15.1 Å². The second-order valence-electron chi connectivity index (χ2n) is 6.36. The molecule has 0 saturated carbocycles. The van der Waals surface area contributed by atoms with Crippen molar-refractivity contribution in [1.82, 2.24) is 0 Å². The number of carbonyl (C=O) groups excluding carboxylic acids is 1. The van der Waals surface area contributed by atoms with Gasteiger partial charge in [0, 0.05) is 5.97 Å². The molecule has 0 aliphatic rings. The van der Waals surface area contributed by atoms with Crippen LogP contribution in [0.3, 0.4) is 0 Å². The van der Waals surface area contributed by atoms with Gasteiger partial charge in [-0.3, -0.25) is 7.32 Å². The monoisotopic (exact) mass is 405 g/mol. The predicted molar refractivity (Wildman–Crippen MR) is 90.3 cm³/mol. The molecule has 1 radical (unpaired) electrons. The van der Waals surface area contributed by atoms with Crippen LogP contribution in [0.1, 0.15) is 110 Å². The zero-order chi connectivity index (χ0) is 18.5. The maximum atomic E-state index is 10.2. The van der Waals surface area contributed by atoms with E-state index in [1.165, 1.54) is 83.5 Å². The molecule has 0 spiro atoms. The quantitative estimate of drug-likeness (QED) is 0.281. The smallest absolute Gasteiger partial charge is 0.907 e. The van der Waals surface area contributed by atoms with E-state index >= 15 is 0 Å². The molecule has 0 aromatic heterocycles. The average molecular weight is 406 g/mol. The zero-order valence-corrected chi connectivity index (χ0v) is 16.7. The number of hydrogen-bond donors (Lipinski definition) is 0. The summed E-state index contributed by atoms with van der Waals surface area (Å²) in [5, 5.41) is 35.5. The maximum Gasteiger partial charge on any atom is 4.00 e. The molecule has 7 heteroatoms. The van der Waals surface area contributed by atoms with E-state index in [9.17, 15) is 9.90 Å². The Morgan fingerprint density at radius 3 is 1.12 bits per heavy atom. The van der Waals surface area contributed by atoms with E-state index in [1.54, 1.807) is 0 Å².